The molecule has 21 heavy (non-hydrogen) atoms. The van der Waals surface area contributed by atoms with E-state index in [0.29, 0.717) is 27.7 Å². The zero-order valence-corrected chi connectivity index (χ0v) is 15.6. The Labute approximate surface area is 149 Å². The van der Waals surface area contributed by atoms with E-state index in [4.69, 9.17) is 23.2 Å². The van der Waals surface area contributed by atoms with Crippen LogP contribution in [-0.4, -0.2) is 15.0 Å². The van der Waals surface area contributed by atoms with E-state index < -0.39 is 0 Å². The maximum Gasteiger partial charge on any atom is 0.182 e. The average molecular weight is 452 g/mol. The monoisotopic (exact) mass is 449 g/mol. The largest absolute Gasteiger partial charge is 0.251 e. The smallest absolute Gasteiger partial charge is 0.182 e. The van der Waals surface area contributed by atoms with Gasteiger partial charge in [0.1, 0.15) is 16.0 Å². The Morgan fingerprint density at radius 1 is 1.05 bits per heavy atom. The van der Waals surface area contributed by atoms with Gasteiger partial charge in [0.05, 0.1) is 0 Å². The van der Waals surface area contributed by atoms with Crippen molar-refractivity contribution in [3.63, 3.8) is 0 Å². The topological polar surface area (TPSA) is 38.7 Å². The third kappa shape index (κ3) is 3.26. The summed E-state index contributed by atoms with van der Waals surface area (Å²) in [5, 5.41) is 0.877. The van der Waals surface area contributed by atoms with E-state index in [1.54, 1.807) is 6.20 Å². The fraction of sp³-hybridized carbons (Fsp3) is 0.357. The van der Waals surface area contributed by atoms with Crippen LogP contribution in [0.3, 0.4) is 0 Å². The molecule has 1 aliphatic rings. The van der Waals surface area contributed by atoms with E-state index in [1.165, 1.54) is 12.8 Å². The maximum atomic E-state index is 6.36. The molecule has 2 aromatic rings. The number of halogens is 4. The zero-order chi connectivity index (χ0) is 15.0. The molecule has 0 N–H and O–H groups in total. The molecule has 0 unspecified atom stereocenters. The van der Waals surface area contributed by atoms with Crippen LogP contribution in [0.5, 0.6) is 0 Å². The van der Waals surface area contributed by atoms with Crippen molar-refractivity contribution in [1.82, 2.24) is 15.0 Å². The van der Waals surface area contributed by atoms with Gasteiger partial charge in [-0.3, -0.25) is 4.98 Å². The maximum absolute atomic E-state index is 6.36. The minimum atomic E-state index is 0.375. The van der Waals surface area contributed by atoms with Crippen LogP contribution in [-0.2, 0) is 0 Å². The molecule has 0 atom stereocenters. The number of nitrogens with zero attached hydrogens (tertiary/aromatic N) is 3. The molecular formula is C14H11Br2Cl2N3. The lowest BCUT2D eigenvalue weighted by atomic mass is 10.0. The van der Waals surface area contributed by atoms with Crippen molar-refractivity contribution in [3.05, 3.63) is 37.1 Å². The van der Waals surface area contributed by atoms with Gasteiger partial charge in [0.2, 0.25) is 0 Å². The average Bonchev–Trinajstić information content (AvgIpc) is 2.91. The summed E-state index contributed by atoms with van der Waals surface area (Å²) in [6.45, 7) is 0. The minimum absolute atomic E-state index is 0.375. The first-order valence-corrected chi connectivity index (χ1v) is 8.95. The summed E-state index contributed by atoms with van der Waals surface area (Å²) >= 11 is 19.5. The molecule has 3 rings (SSSR count). The van der Waals surface area contributed by atoms with Gasteiger partial charge in [0, 0.05) is 20.7 Å². The molecule has 2 aromatic heterocycles. The fourth-order valence-corrected chi connectivity index (χ4v) is 4.51. The lowest BCUT2D eigenvalue weighted by Crippen LogP contribution is -2.02. The van der Waals surface area contributed by atoms with Gasteiger partial charge < -0.3 is 0 Å². The van der Waals surface area contributed by atoms with Crippen molar-refractivity contribution >= 4 is 55.1 Å². The molecule has 0 aromatic carbocycles. The van der Waals surface area contributed by atoms with E-state index in [9.17, 15) is 0 Å². The molecule has 3 nitrogen and oxygen atoms in total. The molecule has 0 amide bonds. The van der Waals surface area contributed by atoms with Crippen LogP contribution in [0.1, 0.15) is 37.2 Å². The van der Waals surface area contributed by atoms with Gasteiger partial charge >= 0.3 is 0 Å². The fourth-order valence-electron chi connectivity index (χ4n) is 2.65. The summed E-state index contributed by atoms with van der Waals surface area (Å²) in [7, 11) is 0. The van der Waals surface area contributed by atoms with Crippen LogP contribution in [0.15, 0.2) is 21.2 Å². The van der Waals surface area contributed by atoms with E-state index in [0.717, 1.165) is 27.4 Å². The molecule has 0 bridgehead atoms. The SMILES string of the molecule is Clc1nc(-c2ncc(Br)cc2Br)nc(Cl)c1C1CCCC1. The van der Waals surface area contributed by atoms with Crippen LogP contribution < -0.4 is 0 Å². The van der Waals surface area contributed by atoms with E-state index >= 15 is 0 Å². The lowest BCUT2D eigenvalue weighted by Gasteiger charge is -2.13. The molecular weight excluding hydrogens is 441 g/mol. The predicted molar refractivity (Wildman–Crippen MR) is 91.9 cm³/mol. The highest BCUT2D eigenvalue weighted by Gasteiger charge is 2.25. The van der Waals surface area contributed by atoms with E-state index in [-0.39, 0.29) is 0 Å². The van der Waals surface area contributed by atoms with Gasteiger partial charge in [0.15, 0.2) is 5.82 Å². The summed E-state index contributed by atoms with van der Waals surface area (Å²) in [4.78, 5) is 13.1. The van der Waals surface area contributed by atoms with Crippen LogP contribution in [0.4, 0.5) is 0 Å². The number of rotatable bonds is 2. The Hall–Kier alpha value is -0.230. The number of hydrogen-bond donors (Lipinski definition) is 0. The van der Waals surface area contributed by atoms with E-state index in [1.807, 2.05) is 6.07 Å². The van der Waals surface area contributed by atoms with Crippen molar-refractivity contribution in [2.75, 3.05) is 0 Å². The van der Waals surface area contributed by atoms with Crippen LogP contribution in [0.25, 0.3) is 11.5 Å². The molecule has 0 aliphatic heterocycles. The molecule has 110 valence electrons. The van der Waals surface area contributed by atoms with Crippen molar-refractivity contribution in [2.45, 2.75) is 31.6 Å². The number of aromatic nitrogens is 3. The summed E-state index contributed by atoms with van der Waals surface area (Å²) in [5.74, 6) is 0.812. The first kappa shape index (κ1) is 15.7. The first-order valence-electron chi connectivity index (χ1n) is 6.60. The van der Waals surface area contributed by atoms with Crippen molar-refractivity contribution in [3.8, 4) is 11.5 Å². The van der Waals surface area contributed by atoms with E-state index in [2.05, 4.69) is 46.8 Å². The second-order valence-electron chi connectivity index (χ2n) is 5.01. The molecule has 7 heteroatoms. The Bertz CT molecular complexity index is 665. The van der Waals surface area contributed by atoms with Gasteiger partial charge in [-0.2, -0.15) is 0 Å². The highest BCUT2D eigenvalue weighted by atomic mass is 79.9. The molecule has 1 saturated carbocycles. The number of pyridine rings is 1. The van der Waals surface area contributed by atoms with Crippen molar-refractivity contribution < 1.29 is 0 Å². The third-order valence-electron chi connectivity index (χ3n) is 3.64. The van der Waals surface area contributed by atoms with Crippen molar-refractivity contribution in [1.29, 1.82) is 0 Å². The molecule has 2 heterocycles. The van der Waals surface area contributed by atoms with Gasteiger partial charge in [0.25, 0.3) is 0 Å². The molecule has 1 aliphatic carbocycles. The van der Waals surface area contributed by atoms with Gasteiger partial charge in [-0.1, -0.05) is 36.0 Å². The molecule has 1 fully saturated rings. The molecule has 0 saturated heterocycles. The standard InChI is InChI=1S/C14H11Br2Cl2N3/c15-8-5-9(16)11(19-6-8)14-20-12(17)10(13(18)21-14)7-3-1-2-4-7/h5-7H,1-4H2. The lowest BCUT2D eigenvalue weighted by molar-refractivity contribution is 0.715. The third-order valence-corrected chi connectivity index (χ3v) is 5.25. The first-order chi connectivity index (χ1) is 10.1. The molecule has 0 radical (unpaired) electrons. The summed E-state index contributed by atoms with van der Waals surface area (Å²) in [6.07, 6.45) is 6.30. The summed E-state index contributed by atoms with van der Waals surface area (Å²) < 4.78 is 1.66. The summed E-state index contributed by atoms with van der Waals surface area (Å²) in [6, 6.07) is 1.89. The van der Waals surface area contributed by atoms with Gasteiger partial charge in [-0.05, 0) is 56.7 Å². The zero-order valence-electron chi connectivity index (χ0n) is 10.9. The Balaban J connectivity index is 2.05. The summed E-state index contributed by atoms with van der Waals surface area (Å²) in [5.41, 5.74) is 1.51. The van der Waals surface area contributed by atoms with Crippen LogP contribution in [0.2, 0.25) is 10.3 Å². The highest BCUT2D eigenvalue weighted by Crippen LogP contribution is 2.41. The Morgan fingerprint density at radius 2 is 1.67 bits per heavy atom. The second kappa shape index (κ2) is 6.49. The highest BCUT2D eigenvalue weighted by molar-refractivity contribution is 9.11. The van der Waals surface area contributed by atoms with Gasteiger partial charge in [-0.25, -0.2) is 9.97 Å². The van der Waals surface area contributed by atoms with Crippen LogP contribution >= 0.6 is 55.1 Å². The second-order valence-corrected chi connectivity index (χ2v) is 7.49. The Kier molecular flexibility index (Phi) is 4.84. The Morgan fingerprint density at radius 3 is 2.24 bits per heavy atom. The minimum Gasteiger partial charge on any atom is -0.251 e. The number of hydrogen-bond acceptors (Lipinski definition) is 3. The quantitative estimate of drug-likeness (QED) is 0.523. The van der Waals surface area contributed by atoms with Crippen LogP contribution in [0, 0.1) is 0 Å². The molecule has 0 spiro atoms. The predicted octanol–water partition coefficient (Wildman–Crippen LogP) is 6.03. The van der Waals surface area contributed by atoms with Gasteiger partial charge in [-0.15, -0.1) is 0 Å². The normalized spacial score (nSPS) is 15.6. The van der Waals surface area contributed by atoms with Crippen molar-refractivity contribution in [2.24, 2.45) is 0 Å².